The largest absolute Gasteiger partial charge is 0.353 e. The third kappa shape index (κ3) is 3.64. The summed E-state index contributed by atoms with van der Waals surface area (Å²) in [6.45, 7) is 9.71. The van der Waals surface area contributed by atoms with E-state index in [0.717, 1.165) is 42.5 Å². The minimum Gasteiger partial charge on any atom is -0.353 e. The van der Waals surface area contributed by atoms with Crippen molar-refractivity contribution in [2.24, 2.45) is 5.92 Å². The molecule has 1 aliphatic heterocycles. The summed E-state index contributed by atoms with van der Waals surface area (Å²) in [5.74, 6) is 1.75. The highest BCUT2D eigenvalue weighted by atomic mass is 35.5. The van der Waals surface area contributed by atoms with E-state index in [-0.39, 0.29) is 0 Å². The molecule has 1 N–H and O–H groups in total. The monoisotopic (exact) mass is 295 g/mol. The molecule has 1 atom stereocenters. The lowest BCUT2D eigenvalue weighted by Gasteiger charge is -2.29. The van der Waals surface area contributed by atoms with Gasteiger partial charge < -0.3 is 10.2 Å². The first-order valence-corrected chi connectivity index (χ1v) is 8.13. The molecule has 0 radical (unpaired) electrons. The Morgan fingerprint density at radius 2 is 2.30 bits per heavy atom. The summed E-state index contributed by atoms with van der Waals surface area (Å²) in [7, 11) is 0. The number of hydrogen-bond acceptors (Lipinski definition) is 3. The van der Waals surface area contributed by atoms with Crippen LogP contribution in [0.3, 0.4) is 0 Å². The Balaban J connectivity index is 2.13. The molecule has 1 fully saturated rings. The molecule has 112 valence electrons. The smallest absolute Gasteiger partial charge is 0.129 e. The van der Waals surface area contributed by atoms with Crippen molar-refractivity contribution >= 4 is 17.4 Å². The van der Waals surface area contributed by atoms with Crippen molar-refractivity contribution in [2.75, 3.05) is 18.0 Å². The maximum absolute atomic E-state index is 6.26. The van der Waals surface area contributed by atoms with Gasteiger partial charge in [0.05, 0.1) is 5.02 Å². The van der Waals surface area contributed by atoms with Gasteiger partial charge in [-0.05, 0) is 43.4 Å². The number of nitrogens with one attached hydrogen (secondary N) is 1. The highest BCUT2D eigenvalue weighted by Crippen LogP contribution is 2.30. The minimum absolute atomic E-state index is 0.611. The summed E-state index contributed by atoms with van der Waals surface area (Å²) in [4.78, 5) is 7.00. The third-order valence-corrected chi connectivity index (χ3v) is 4.37. The summed E-state index contributed by atoms with van der Waals surface area (Å²) < 4.78 is 0. The predicted octanol–water partition coefficient (Wildman–Crippen LogP) is 3.86. The van der Waals surface area contributed by atoms with Crippen LogP contribution in [-0.2, 0) is 6.54 Å². The molecule has 0 spiro atoms. The maximum Gasteiger partial charge on any atom is 0.129 e. The zero-order valence-corrected chi connectivity index (χ0v) is 13.6. The number of hydrogen-bond donors (Lipinski definition) is 1. The first kappa shape index (κ1) is 15.6. The fourth-order valence-electron chi connectivity index (χ4n) is 2.93. The molecule has 0 saturated carbocycles. The van der Waals surface area contributed by atoms with E-state index in [1.807, 2.05) is 0 Å². The summed E-state index contributed by atoms with van der Waals surface area (Å²) in [5, 5.41) is 4.17. The number of rotatable bonds is 6. The van der Waals surface area contributed by atoms with E-state index in [9.17, 15) is 0 Å². The molecule has 0 bridgehead atoms. The average molecular weight is 296 g/mol. The van der Waals surface area contributed by atoms with Gasteiger partial charge in [-0.2, -0.15) is 0 Å². The number of pyridine rings is 1. The molecule has 1 aliphatic rings. The van der Waals surface area contributed by atoms with Gasteiger partial charge in [-0.25, -0.2) is 4.98 Å². The Bertz CT molecular complexity index is 434. The van der Waals surface area contributed by atoms with Crippen molar-refractivity contribution in [1.82, 2.24) is 10.3 Å². The van der Waals surface area contributed by atoms with E-state index in [4.69, 9.17) is 11.6 Å². The highest BCUT2D eigenvalue weighted by Gasteiger charge is 2.28. The van der Waals surface area contributed by atoms with Gasteiger partial charge in [-0.3, -0.25) is 0 Å². The van der Waals surface area contributed by atoms with Crippen LogP contribution in [0.1, 0.15) is 45.6 Å². The van der Waals surface area contributed by atoms with Gasteiger partial charge in [0.25, 0.3) is 0 Å². The van der Waals surface area contributed by atoms with Crippen LogP contribution < -0.4 is 10.2 Å². The molecule has 3 nitrogen and oxygen atoms in total. The second kappa shape index (κ2) is 7.28. The molecule has 20 heavy (non-hydrogen) atoms. The second-order valence-corrected chi connectivity index (χ2v) is 6.36. The standard InChI is InChI=1S/C16H26ClN3/c1-4-7-18-10-13-9-16(19-11-14(13)17)20-8-5-6-15(20)12(2)3/h9,11-12,15,18H,4-8,10H2,1-3H3. The van der Waals surface area contributed by atoms with E-state index < -0.39 is 0 Å². The topological polar surface area (TPSA) is 28.2 Å². The lowest BCUT2D eigenvalue weighted by molar-refractivity contribution is 0.489. The minimum atomic E-state index is 0.611. The summed E-state index contributed by atoms with van der Waals surface area (Å²) in [5.41, 5.74) is 1.15. The Hall–Kier alpha value is -0.800. The van der Waals surface area contributed by atoms with E-state index in [1.54, 1.807) is 6.20 Å². The quantitative estimate of drug-likeness (QED) is 0.808. The molecule has 1 unspecified atom stereocenters. The Labute approximate surface area is 127 Å². The van der Waals surface area contributed by atoms with Gasteiger partial charge in [0.1, 0.15) is 5.82 Å². The van der Waals surface area contributed by atoms with Gasteiger partial charge in [-0.15, -0.1) is 0 Å². The van der Waals surface area contributed by atoms with Crippen LogP contribution in [0.15, 0.2) is 12.3 Å². The second-order valence-electron chi connectivity index (χ2n) is 5.96. The molecular formula is C16H26ClN3. The lowest BCUT2D eigenvalue weighted by Crippen LogP contribution is -2.34. The molecule has 1 saturated heterocycles. The fourth-order valence-corrected chi connectivity index (χ4v) is 3.10. The number of nitrogens with zero attached hydrogens (tertiary/aromatic N) is 2. The Morgan fingerprint density at radius 1 is 1.50 bits per heavy atom. The van der Waals surface area contributed by atoms with Gasteiger partial charge in [0.15, 0.2) is 0 Å². The molecule has 2 rings (SSSR count). The van der Waals surface area contributed by atoms with Gasteiger partial charge in [-0.1, -0.05) is 32.4 Å². The summed E-state index contributed by atoms with van der Waals surface area (Å²) in [6, 6.07) is 2.77. The predicted molar refractivity (Wildman–Crippen MR) is 86.5 cm³/mol. The molecule has 2 heterocycles. The first-order valence-electron chi connectivity index (χ1n) is 7.75. The van der Waals surface area contributed by atoms with Gasteiger partial charge in [0.2, 0.25) is 0 Å². The first-order chi connectivity index (χ1) is 9.63. The number of halogens is 1. The van der Waals surface area contributed by atoms with Crippen LogP contribution in [0.4, 0.5) is 5.82 Å². The van der Waals surface area contributed by atoms with E-state index in [0.29, 0.717) is 12.0 Å². The van der Waals surface area contributed by atoms with Crippen LogP contribution >= 0.6 is 11.6 Å². The highest BCUT2D eigenvalue weighted by molar-refractivity contribution is 6.31. The van der Waals surface area contributed by atoms with Crippen LogP contribution in [-0.4, -0.2) is 24.1 Å². The molecular weight excluding hydrogens is 270 g/mol. The van der Waals surface area contributed by atoms with Crippen molar-refractivity contribution < 1.29 is 0 Å². The van der Waals surface area contributed by atoms with Crippen molar-refractivity contribution in [3.8, 4) is 0 Å². The third-order valence-electron chi connectivity index (χ3n) is 4.03. The molecule has 4 heteroatoms. The Morgan fingerprint density at radius 3 is 3.00 bits per heavy atom. The van der Waals surface area contributed by atoms with Gasteiger partial charge in [0, 0.05) is 25.3 Å². The van der Waals surface area contributed by atoms with Crippen molar-refractivity contribution in [3.63, 3.8) is 0 Å². The summed E-state index contributed by atoms with van der Waals surface area (Å²) in [6.07, 6.45) is 5.47. The Kier molecular flexibility index (Phi) is 5.67. The lowest BCUT2D eigenvalue weighted by atomic mass is 10.0. The van der Waals surface area contributed by atoms with Crippen molar-refractivity contribution in [2.45, 2.75) is 52.6 Å². The molecule has 0 aliphatic carbocycles. The molecule has 0 amide bonds. The number of aromatic nitrogens is 1. The molecule has 1 aromatic heterocycles. The average Bonchev–Trinajstić information content (AvgIpc) is 2.90. The normalized spacial score (nSPS) is 19.1. The van der Waals surface area contributed by atoms with Crippen LogP contribution in [0, 0.1) is 5.92 Å². The van der Waals surface area contributed by atoms with Crippen LogP contribution in [0.25, 0.3) is 0 Å². The van der Waals surface area contributed by atoms with E-state index >= 15 is 0 Å². The van der Waals surface area contributed by atoms with Crippen LogP contribution in [0.2, 0.25) is 5.02 Å². The van der Waals surface area contributed by atoms with Crippen molar-refractivity contribution in [1.29, 1.82) is 0 Å². The van der Waals surface area contributed by atoms with Gasteiger partial charge >= 0.3 is 0 Å². The van der Waals surface area contributed by atoms with Crippen molar-refractivity contribution in [3.05, 3.63) is 22.8 Å². The molecule has 1 aromatic rings. The number of anilines is 1. The van der Waals surface area contributed by atoms with E-state index in [1.165, 1.54) is 12.8 Å². The van der Waals surface area contributed by atoms with Crippen LogP contribution in [0.5, 0.6) is 0 Å². The fraction of sp³-hybridized carbons (Fsp3) is 0.688. The zero-order valence-electron chi connectivity index (χ0n) is 12.8. The molecule has 0 aromatic carbocycles. The van der Waals surface area contributed by atoms with E-state index in [2.05, 4.69) is 42.0 Å². The summed E-state index contributed by atoms with van der Waals surface area (Å²) >= 11 is 6.26. The SMILES string of the molecule is CCCNCc1cc(N2CCCC2C(C)C)ncc1Cl. The zero-order chi connectivity index (χ0) is 14.5. The maximum atomic E-state index is 6.26.